The molecule has 0 atom stereocenters. The van der Waals surface area contributed by atoms with Crippen molar-refractivity contribution >= 4 is 5.91 Å². The molecular formula is C27H27N3O4. The molecule has 0 bridgehead atoms. The van der Waals surface area contributed by atoms with Crippen LogP contribution in [-0.2, 0) is 6.61 Å². The van der Waals surface area contributed by atoms with Gasteiger partial charge in [0.05, 0.1) is 7.11 Å². The lowest BCUT2D eigenvalue weighted by Gasteiger charge is -2.15. The number of rotatable bonds is 9. The third-order valence-electron chi connectivity index (χ3n) is 5.44. The summed E-state index contributed by atoms with van der Waals surface area (Å²) in [7, 11) is 1.56. The zero-order valence-electron chi connectivity index (χ0n) is 19.5. The molecule has 0 unspecified atom stereocenters. The highest BCUT2D eigenvalue weighted by Crippen LogP contribution is 2.34. The Morgan fingerprint density at radius 1 is 0.941 bits per heavy atom. The second-order valence-corrected chi connectivity index (χ2v) is 7.56. The first-order chi connectivity index (χ1) is 16.6. The minimum Gasteiger partial charge on any atom is -0.489 e. The Morgan fingerprint density at radius 3 is 2.26 bits per heavy atom. The highest BCUT2D eigenvalue weighted by Gasteiger charge is 2.24. The molecule has 4 aromatic rings. The SMILES string of the molecule is CCN(CC)C(=O)c1nc(-c2ccc(OC)nc2)c(-c2ccc(OCc3ccccc3)cc2)o1. The second-order valence-electron chi connectivity index (χ2n) is 7.56. The van der Waals surface area contributed by atoms with Crippen LogP contribution in [0.15, 0.2) is 77.3 Å². The van der Waals surface area contributed by atoms with Gasteiger partial charge in [0.1, 0.15) is 18.1 Å². The molecule has 7 heteroatoms. The smallest absolute Gasteiger partial charge is 0.309 e. The van der Waals surface area contributed by atoms with Crippen molar-refractivity contribution in [3.8, 4) is 34.2 Å². The quantitative estimate of drug-likeness (QED) is 0.332. The normalized spacial score (nSPS) is 10.7. The molecule has 0 N–H and O–H groups in total. The summed E-state index contributed by atoms with van der Waals surface area (Å²) < 4.78 is 17.1. The molecule has 0 radical (unpaired) electrons. The number of hydrogen-bond donors (Lipinski definition) is 0. The van der Waals surface area contributed by atoms with Gasteiger partial charge >= 0.3 is 5.91 Å². The summed E-state index contributed by atoms with van der Waals surface area (Å²) in [4.78, 5) is 23.4. The summed E-state index contributed by atoms with van der Waals surface area (Å²) in [6, 6.07) is 21.1. The molecule has 0 aliphatic rings. The average Bonchev–Trinajstić information content (AvgIpc) is 3.34. The predicted octanol–water partition coefficient (Wildman–Crippen LogP) is 5.47. The largest absolute Gasteiger partial charge is 0.489 e. The molecule has 1 amide bonds. The van der Waals surface area contributed by atoms with Crippen molar-refractivity contribution in [2.45, 2.75) is 20.5 Å². The zero-order valence-corrected chi connectivity index (χ0v) is 19.5. The summed E-state index contributed by atoms with van der Waals surface area (Å²) in [6.45, 7) is 5.47. The second kappa shape index (κ2) is 10.7. The number of nitrogens with zero attached hydrogens (tertiary/aromatic N) is 3. The third kappa shape index (κ3) is 5.09. The van der Waals surface area contributed by atoms with Crippen LogP contribution < -0.4 is 9.47 Å². The number of aromatic nitrogens is 2. The van der Waals surface area contributed by atoms with Crippen LogP contribution in [0.5, 0.6) is 11.6 Å². The van der Waals surface area contributed by atoms with E-state index in [0.717, 1.165) is 22.4 Å². The molecule has 2 aromatic carbocycles. The lowest BCUT2D eigenvalue weighted by atomic mass is 10.1. The van der Waals surface area contributed by atoms with Crippen LogP contribution >= 0.6 is 0 Å². The first kappa shape index (κ1) is 23.0. The molecule has 0 saturated carbocycles. The van der Waals surface area contributed by atoms with E-state index in [9.17, 15) is 4.79 Å². The zero-order chi connectivity index (χ0) is 23.9. The molecule has 0 fully saturated rings. The molecule has 7 nitrogen and oxygen atoms in total. The number of ether oxygens (including phenoxy) is 2. The van der Waals surface area contributed by atoms with Gasteiger partial charge in [0, 0.05) is 36.5 Å². The van der Waals surface area contributed by atoms with E-state index in [2.05, 4.69) is 9.97 Å². The molecule has 0 aliphatic carbocycles. The maximum atomic E-state index is 12.9. The Bertz CT molecular complexity index is 1220. The maximum absolute atomic E-state index is 12.9. The Kier molecular flexibility index (Phi) is 7.22. The number of hydrogen-bond acceptors (Lipinski definition) is 6. The lowest BCUT2D eigenvalue weighted by Crippen LogP contribution is -2.30. The molecule has 0 saturated heterocycles. The molecule has 2 aromatic heterocycles. The number of carbonyl (C=O) groups excluding carboxylic acids is 1. The molecule has 4 rings (SSSR count). The van der Waals surface area contributed by atoms with Crippen molar-refractivity contribution in [2.24, 2.45) is 0 Å². The molecule has 174 valence electrons. The van der Waals surface area contributed by atoms with Gasteiger partial charge in [-0.3, -0.25) is 4.79 Å². The van der Waals surface area contributed by atoms with Crippen LogP contribution in [0.3, 0.4) is 0 Å². The van der Waals surface area contributed by atoms with Gasteiger partial charge in [0.15, 0.2) is 5.76 Å². The Morgan fingerprint density at radius 2 is 1.65 bits per heavy atom. The summed E-state index contributed by atoms with van der Waals surface area (Å²) >= 11 is 0. The van der Waals surface area contributed by atoms with Crippen LogP contribution in [-0.4, -0.2) is 41.0 Å². The fraction of sp³-hybridized carbons (Fsp3) is 0.222. The van der Waals surface area contributed by atoms with Crippen molar-refractivity contribution < 1.29 is 18.7 Å². The monoisotopic (exact) mass is 457 g/mol. The van der Waals surface area contributed by atoms with Crippen molar-refractivity contribution in [3.05, 3.63) is 84.4 Å². The lowest BCUT2D eigenvalue weighted by molar-refractivity contribution is 0.0734. The van der Waals surface area contributed by atoms with Gasteiger partial charge in [0.2, 0.25) is 5.88 Å². The van der Waals surface area contributed by atoms with E-state index in [1.165, 1.54) is 0 Å². The van der Waals surface area contributed by atoms with Crippen LogP contribution in [0.25, 0.3) is 22.6 Å². The van der Waals surface area contributed by atoms with Crippen LogP contribution in [0, 0.1) is 0 Å². The van der Waals surface area contributed by atoms with Crippen LogP contribution in [0.4, 0.5) is 0 Å². The van der Waals surface area contributed by atoms with Gasteiger partial charge in [-0.15, -0.1) is 0 Å². The highest BCUT2D eigenvalue weighted by molar-refractivity contribution is 5.92. The van der Waals surface area contributed by atoms with Crippen molar-refractivity contribution in [1.29, 1.82) is 0 Å². The highest BCUT2D eigenvalue weighted by atomic mass is 16.5. The van der Waals surface area contributed by atoms with Gasteiger partial charge in [-0.05, 0) is 49.7 Å². The van der Waals surface area contributed by atoms with Crippen LogP contribution in [0.1, 0.15) is 30.1 Å². The van der Waals surface area contributed by atoms with E-state index in [1.807, 2.05) is 74.5 Å². The minimum absolute atomic E-state index is 0.0499. The number of methoxy groups -OCH3 is 1. The molecule has 0 spiro atoms. The summed E-state index contributed by atoms with van der Waals surface area (Å²) in [5, 5.41) is 0. The predicted molar refractivity (Wildman–Crippen MR) is 130 cm³/mol. The van der Waals surface area contributed by atoms with Gasteiger partial charge < -0.3 is 18.8 Å². The number of pyridine rings is 1. The Balaban J connectivity index is 1.65. The first-order valence-corrected chi connectivity index (χ1v) is 11.2. The van der Waals surface area contributed by atoms with E-state index in [0.29, 0.717) is 37.0 Å². The van der Waals surface area contributed by atoms with Crippen LogP contribution in [0.2, 0.25) is 0 Å². The summed E-state index contributed by atoms with van der Waals surface area (Å²) in [6.07, 6.45) is 1.66. The third-order valence-corrected chi connectivity index (χ3v) is 5.44. The first-order valence-electron chi connectivity index (χ1n) is 11.2. The number of benzene rings is 2. The summed E-state index contributed by atoms with van der Waals surface area (Å²) in [5.74, 6) is 1.53. The van der Waals surface area contributed by atoms with E-state index in [-0.39, 0.29) is 11.8 Å². The fourth-order valence-electron chi connectivity index (χ4n) is 3.53. The number of oxazole rings is 1. The average molecular weight is 458 g/mol. The Labute approximate surface area is 199 Å². The molecule has 2 heterocycles. The maximum Gasteiger partial charge on any atom is 0.309 e. The van der Waals surface area contributed by atoms with Crippen molar-refractivity contribution in [3.63, 3.8) is 0 Å². The number of carbonyl (C=O) groups is 1. The molecular weight excluding hydrogens is 430 g/mol. The fourth-order valence-corrected chi connectivity index (χ4v) is 3.53. The topological polar surface area (TPSA) is 77.7 Å². The number of amides is 1. The van der Waals surface area contributed by atoms with E-state index < -0.39 is 0 Å². The van der Waals surface area contributed by atoms with E-state index >= 15 is 0 Å². The van der Waals surface area contributed by atoms with Gasteiger partial charge in [-0.1, -0.05) is 30.3 Å². The van der Waals surface area contributed by atoms with E-state index in [1.54, 1.807) is 24.3 Å². The van der Waals surface area contributed by atoms with Crippen molar-refractivity contribution in [1.82, 2.24) is 14.9 Å². The minimum atomic E-state index is -0.248. The van der Waals surface area contributed by atoms with Crippen molar-refractivity contribution in [2.75, 3.05) is 20.2 Å². The standard InChI is InChI=1S/C27H27N3O4/c1-4-30(5-2)27(31)26-29-24(21-13-16-23(32-3)28-17-21)25(34-26)20-11-14-22(15-12-20)33-18-19-9-7-6-8-10-19/h6-17H,4-5,18H2,1-3H3. The van der Waals surface area contributed by atoms with Gasteiger partial charge in [-0.2, -0.15) is 0 Å². The Hall–Kier alpha value is -4.13. The summed E-state index contributed by atoms with van der Waals surface area (Å²) in [5.41, 5.74) is 3.14. The van der Waals surface area contributed by atoms with Gasteiger partial charge in [0.25, 0.3) is 5.89 Å². The molecule has 34 heavy (non-hydrogen) atoms. The van der Waals surface area contributed by atoms with Gasteiger partial charge in [-0.25, -0.2) is 9.97 Å². The van der Waals surface area contributed by atoms with E-state index in [4.69, 9.17) is 13.9 Å². The molecule has 0 aliphatic heterocycles.